The van der Waals surface area contributed by atoms with Crippen molar-refractivity contribution in [2.45, 2.75) is 56.5 Å². The highest BCUT2D eigenvalue weighted by molar-refractivity contribution is 7.90. The van der Waals surface area contributed by atoms with E-state index in [1.165, 1.54) is 5.57 Å². The van der Waals surface area contributed by atoms with Gasteiger partial charge in [-0.25, -0.2) is 0 Å². The lowest BCUT2D eigenvalue weighted by Gasteiger charge is -2.33. The van der Waals surface area contributed by atoms with Crippen LogP contribution in [0.5, 0.6) is 0 Å². The molecule has 8 heteroatoms. The fraction of sp³-hybridized carbons (Fsp3) is 0.545. The summed E-state index contributed by atoms with van der Waals surface area (Å²) in [5.74, 6) is 0.402. The van der Waals surface area contributed by atoms with Crippen LogP contribution in [-0.2, 0) is 14.8 Å². The van der Waals surface area contributed by atoms with E-state index < -0.39 is 10.0 Å². The SMILES string of the molecule is CC(C)=CCN1CCC(NC(=O)[C@@H]2CCCN2C2=NS(=O)(=O)c3ccccc32)CC1. The van der Waals surface area contributed by atoms with Crippen molar-refractivity contribution in [3.8, 4) is 0 Å². The number of allylic oxidation sites excluding steroid dienone is 1. The predicted molar refractivity (Wildman–Crippen MR) is 117 cm³/mol. The Balaban J connectivity index is 1.40. The fourth-order valence-corrected chi connectivity index (χ4v) is 5.67. The highest BCUT2D eigenvalue weighted by atomic mass is 32.2. The number of amidine groups is 1. The van der Waals surface area contributed by atoms with Crippen LogP contribution in [0, 0.1) is 0 Å². The Bertz CT molecular complexity index is 974. The molecule has 30 heavy (non-hydrogen) atoms. The van der Waals surface area contributed by atoms with E-state index in [-0.39, 0.29) is 22.9 Å². The molecule has 3 aliphatic heterocycles. The van der Waals surface area contributed by atoms with E-state index in [4.69, 9.17) is 0 Å². The molecule has 1 aromatic rings. The van der Waals surface area contributed by atoms with Crippen LogP contribution in [0.1, 0.15) is 45.1 Å². The first-order chi connectivity index (χ1) is 14.3. The van der Waals surface area contributed by atoms with Gasteiger partial charge in [-0.15, -0.1) is 4.40 Å². The number of piperidine rings is 1. The Morgan fingerprint density at radius 1 is 1.17 bits per heavy atom. The highest BCUT2D eigenvalue weighted by Gasteiger charge is 2.39. The third-order valence-corrected chi connectivity index (χ3v) is 7.46. The summed E-state index contributed by atoms with van der Waals surface area (Å²) in [5.41, 5.74) is 1.93. The second-order valence-electron chi connectivity index (χ2n) is 8.60. The summed E-state index contributed by atoms with van der Waals surface area (Å²) < 4.78 is 28.8. The summed E-state index contributed by atoms with van der Waals surface area (Å²) in [6.45, 7) is 7.77. The molecule has 0 aliphatic carbocycles. The van der Waals surface area contributed by atoms with E-state index in [0.717, 1.165) is 38.9 Å². The molecule has 0 spiro atoms. The molecular weight excluding hydrogens is 400 g/mol. The van der Waals surface area contributed by atoms with Gasteiger partial charge in [0.15, 0.2) is 5.84 Å². The van der Waals surface area contributed by atoms with Crippen molar-refractivity contribution in [1.82, 2.24) is 15.1 Å². The Kier molecular flexibility index (Phi) is 5.97. The zero-order valence-electron chi connectivity index (χ0n) is 17.7. The van der Waals surface area contributed by atoms with E-state index in [1.807, 2.05) is 11.0 Å². The van der Waals surface area contributed by atoms with Crippen LogP contribution in [0.15, 0.2) is 45.2 Å². The summed E-state index contributed by atoms with van der Waals surface area (Å²) in [4.78, 5) is 17.6. The standard InChI is InChI=1S/C22H30N4O3S/c1-16(2)9-13-25-14-10-17(11-15-25)23-22(27)19-7-5-12-26(19)21-18-6-3-4-8-20(18)30(28,29)24-21/h3-4,6,8-9,17,19H,5,7,10-15H2,1-2H3,(H,23,27)/t19-/m0/s1. The summed E-state index contributed by atoms with van der Waals surface area (Å²) in [6.07, 6.45) is 5.68. The second kappa shape index (κ2) is 8.51. The number of rotatable bonds is 4. The first-order valence-corrected chi connectivity index (χ1v) is 12.2. The number of carbonyl (C=O) groups is 1. The molecule has 3 aliphatic rings. The summed E-state index contributed by atoms with van der Waals surface area (Å²) >= 11 is 0. The predicted octanol–water partition coefficient (Wildman–Crippen LogP) is 2.15. The van der Waals surface area contributed by atoms with Gasteiger partial charge in [0.25, 0.3) is 10.0 Å². The second-order valence-corrected chi connectivity index (χ2v) is 10.2. The number of hydrogen-bond acceptors (Lipinski definition) is 5. The molecule has 1 aromatic carbocycles. The van der Waals surface area contributed by atoms with E-state index in [2.05, 4.69) is 34.5 Å². The lowest BCUT2D eigenvalue weighted by atomic mass is 10.0. The molecule has 0 bridgehead atoms. The van der Waals surface area contributed by atoms with Crippen LogP contribution in [0.25, 0.3) is 0 Å². The van der Waals surface area contributed by atoms with E-state index in [0.29, 0.717) is 24.4 Å². The van der Waals surface area contributed by atoms with Gasteiger partial charge in [-0.05, 0) is 51.7 Å². The van der Waals surface area contributed by atoms with Crippen molar-refractivity contribution in [2.75, 3.05) is 26.2 Å². The number of amides is 1. The van der Waals surface area contributed by atoms with Crippen LogP contribution in [0.2, 0.25) is 0 Å². The third-order valence-electron chi connectivity index (χ3n) is 6.13. The number of hydrogen-bond donors (Lipinski definition) is 1. The normalized spacial score (nSPS) is 23.7. The average molecular weight is 431 g/mol. The highest BCUT2D eigenvalue weighted by Crippen LogP contribution is 2.31. The Morgan fingerprint density at radius 2 is 1.90 bits per heavy atom. The minimum Gasteiger partial charge on any atom is -0.351 e. The van der Waals surface area contributed by atoms with Crippen LogP contribution < -0.4 is 5.32 Å². The maximum Gasteiger partial charge on any atom is 0.285 e. The smallest absolute Gasteiger partial charge is 0.285 e. The third kappa shape index (κ3) is 4.30. The van der Waals surface area contributed by atoms with E-state index in [1.54, 1.807) is 18.2 Å². The zero-order chi connectivity index (χ0) is 21.3. The number of likely N-dealkylation sites (tertiary alicyclic amines) is 2. The van der Waals surface area contributed by atoms with Gasteiger partial charge in [-0.1, -0.05) is 23.8 Å². The van der Waals surface area contributed by atoms with Gasteiger partial charge in [0.1, 0.15) is 10.9 Å². The van der Waals surface area contributed by atoms with Gasteiger partial charge in [0.05, 0.1) is 0 Å². The molecule has 162 valence electrons. The van der Waals surface area contributed by atoms with Crippen LogP contribution in [0.3, 0.4) is 0 Å². The summed E-state index contributed by atoms with van der Waals surface area (Å²) in [5, 5.41) is 3.22. The molecule has 0 aromatic heterocycles. The Morgan fingerprint density at radius 3 is 2.63 bits per heavy atom. The quantitative estimate of drug-likeness (QED) is 0.740. The van der Waals surface area contributed by atoms with Gasteiger partial charge in [0.2, 0.25) is 5.91 Å². The van der Waals surface area contributed by atoms with Crippen molar-refractivity contribution in [3.05, 3.63) is 41.5 Å². The van der Waals surface area contributed by atoms with Gasteiger partial charge < -0.3 is 10.2 Å². The van der Waals surface area contributed by atoms with Crippen molar-refractivity contribution < 1.29 is 13.2 Å². The van der Waals surface area contributed by atoms with Gasteiger partial charge in [-0.3, -0.25) is 9.69 Å². The number of fused-ring (bicyclic) bond motifs is 1. The number of benzene rings is 1. The van der Waals surface area contributed by atoms with E-state index in [9.17, 15) is 13.2 Å². The molecule has 7 nitrogen and oxygen atoms in total. The first-order valence-electron chi connectivity index (χ1n) is 10.7. The van der Waals surface area contributed by atoms with Gasteiger partial charge >= 0.3 is 0 Å². The molecule has 2 fully saturated rings. The molecule has 0 radical (unpaired) electrons. The monoisotopic (exact) mass is 430 g/mol. The minimum atomic E-state index is -3.68. The summed E-state index contributed by atoms with van der Waals surface area (Å²) in [7, 11) is -3.68. The molecule has 0 saturated carbocycles. The van der Waals surface area contributed by atoms with Crippen molar-refractivity contribution in [3.63, 3.8) is 0 Å². The Hall–Kier alpha value is -2.19. The van der Waals surface area contributed by atoms with Crippen molar-refractivity contribution in [2.24, 2.45) is 4.40 Å². The molecule has 1 atom stereocenters. The average Bonchev–Trinajstić information content (AvgIpc) is 3.30. The number of nitrogens with zero attached hydrogens (tertiary/aromatic N) is 3. The maximum atomic E-state index is 13.1. The van der Waals surface area contributed by atoms with Crippen LogP contribution in [0.4, 0.5) is 0 Å². The fourth-order valence-electron chi connectivity index (χ4n) is 4.46. The molecule has 0 unspecified atom stereocenters. The molecule has 1 N–H and O–H groups in total. The van der Waals surface area contributed by atoms with Crippen molar-refractivity contribution in [1.29, 1.82) is 0 Å². The maximum absolute atomic E-state index is 13.1. The lowest BCUT2D eigenvalue weighted by Crippen LogP contribution is -2.51. The van der Waals surface area contributed by atoms with Gasteiger partial charge in [0, 0.05) is 37.8 Å². The molecule has 3 heterocycles. The zero-order valence-corrected chi connectivity index (χ0v) is 18.5. The first kappa shape index (κ1) is 21.1. The number of sulfonamides is 1. The van der Waals surface area contributed by atoms with Crippen LogP contribution in [-0.4, -0.2) is 68.2 Å². The van der Waals surface area contributed by atoms with Crippen LogP contribution >= 0.6 is 0 Å². The van der Waals surface area contributed by atoms with Gasteiger partial charge in [-0.2, -0.15) is 8.42 Å². The topological polar surface area (TPSA) is 82.1 Å². The van der Waals surface area contributed by atoms with E-state index >= 15 is 0 Å². The largest absolute Gasteiger partial charge is 0.351 e. The number of carbonyl (C=O) groups excluding carboxylic acids is 1. The molecule has 2 saturated heterocycles. The van der Waals surface area contributed by atoms with Crippen molar-refractivity contribution >= 4 is 21.8 Å². The Labute approximate surface area is 178 Å². The number of nitrogens with one attached hydrogen (secondary N) is 1. The minimum absolute atomic E-state index is 0.0141. The molecular formula is C22H30N4O3S. The summed E-state index contributed by atoms with van der Waals surface area (Å²) in [6, 6.07) is 6.66. The lowest BCUT2D eigenvalue weighted by molar-refractivity contribution is -0.125. The molecule has 4 rings (SSSR count). The molecule has 1 amide bonds.